The van der Waals surface area contributed by atoms with Gasteiger partial charge in [-0.1, -0.05) is 51.2 Å². The molecule has 1 aromatic rings. The average molecular weight is 293 g/mol. The Labute approximate surface area is 130 Å². The number of rotatable bonds is 12. The molecule has 3 heteroatoms. The van der Waals surface area contributed by atoms with Crippen LogP contribution in [0.25, 0.3) is 0 Å². The second-order valence-electron chi connectivity index (χ2n) is 5.33. The van der Waals surface area contributed by atoms with Crippen LogP contribution in [-0.4, -0.2) is 20.3 Å². The molecule has 0 aliphatic heterocycles. The lowest BCUT2D eigenvalue weighted by molar-refractivity contribution is 0.308. The summed E-state index contributed by atoms with van der Waals surface area (Å²) in [7, 11) is 1.70. The van der Waals surface area contributed by atoms with Crippen molar-refractivity contribution in [2.45, 2.75) is 58.9 Å². The highest BCUT2D eigenvalue weighted by molar-refractivity contribution is 5.46. The minimum absolute atomic E-state index is 0.658. The fraction of sp³-hybridized carbons (Fsp3) is 0.667. The van der Waals surface area contributed by atoms with Crippen molar-refractivity contribution >= 4 is 0 Å². The lowest BCUT2D eigenvalue weighted by Crippen LogP contribution is -2.15. The van der Waals surface area contributed by atoms with Crippen LogP contribution in [0.2, 0.25) is 0 Å². The van der Waals surface area contributed by atoms with Gasteiger partial charge in [0.05, 0.1) is 13.7 Å². The molecule has 0 spiro atoms. The quantitative estimate of drug-likeness (QED) is 0.574. The van der Waals surface area contributed by atoms with Gasteiger partial charge in [0.15, 0.2) is 11.5 Å². The van der Waals surface area contributed by atoms with Gasteiger partial charge in [0, 0.05) is 12.1 Å². The number of methoxy groups -OCH3 is 1. The van der Waals surface area contributed by atoms with Gasteiger partial charge in [0.2, 0.25) is 0 Å². The van der Waals surface area contributed by atoms with Crippen LogP contribution >= 0.6 is 0 Å². The van der Waals surface area contributed by atoms with Gasteiger partial charge in [-0.05, 0) is 26.0 Å². The fourth-order valence-electron chi connectivity index (χ4n) is 2.45. The van der Waals surface area contributed by atoms with E-state index in [0.29, 0.717) is 6.61 Å². The van der Waals surface area contributed by atoms with E-state index >= 15 is 0 Å². The molecule has 21 heavy (non-hydrogen) atoms. The Hall–Kier alpha value is -1.22. The van der Waals surface area contributed by atoms with E-state index in [4.69, 9.17) is 9.47 Å². The van der Waals surface area contributed by atoms with Crippen molar-refractivity contribution in [2.75, 3.05) is 20.3 Å². The predicted octanol–water partition coefficient (Wildman–Crippen LogP) is 4.54. The number of hydrogen-bond donors (Lipinski definition) is 1. The highest BCUT2D eigenvalue weighted by atomic mass is 16.5. The van der Waals surface area contributed by atoms with E-state index < -0.39 is 0 Å². The number of ether oxygens (including phenoxy) is 2. The lowest BCUT2D eigenvalue weighted by Gasteiger charge is -2.14. The van der Waals surface area contributed by atoms with E-state index in [0.717, 1.165) is 30.2 Å². The number of unbranched alkanes of at least 4 members (excludes halogenated alkanes) is 5. The standard InChI is InChI=1S/C18H31NO2/c1-4-6-7-8-9-10-14-19-15-16-12-11-13-17(21-5-2)18(16)20-3/h11-13,19H,4-10,14-15H2,1-3H3. The van der Waals surface area contributed by atoms with Crippen molar-refractivity contribution in [3.05, 3.63) is 23.8 Å². The molecule has 0 amide bonds. The monoisotopic (exact) mass is 293 g/mol. The molecule has 0 atom stereocenters. The summed E-state index contributed by atoms with van der Waals surface area (Å²) in [4.78, 5) is 0. The van der Waals surface area contributed by atoms with E-state index in [1.807, 2.05) is 19.1 Å². The second-order valence-corrected chi connectivity index (χ2v) is 5.33. The summed E-state index contributed by atoms with van der Waals surface area (Å²) in [5, 5.41) is 3.50. The maximum atomic E-state index is 5.60. The topological polar surface area (TPSA) is 30.5 Å². The van der Waals surface area contributed by atoms with Crippen molar-refractivity contribution < 1.29 is 9.47 Å². The smallest absolute Gasteiger partial charge is 0.165 e. The maximum absolute atomic E-state index is 5.60. The first-order valence-corrected chi connectivity index (χ1v) is 8.32. The normalized spacial score (nSPS) is 10.6. The van der Waals surface area contributed by atoms with E-state index in [1.54, 1.807) is 7.11 Å². The first-order chi connectivity index (χ1) is 10.3. The summed E-state index contributed by atoms with van der Waals surface area (Å²) in [6.45, 7) is 6.80. The number of para-hydroxylation sites is 1. The molecular weight excluding hydrogens is 262 g/mol. The molecule has 0 unspecified atom stereocenters. The summed E-state index contributed by atoms with van der Waals surface area (Å²) in [6.07, 6.45) is 7.99. The second kappa shape index (κ2) is 11.4. The van der Waals surface area contributed by atoms with Crippen LogP contribution < -0.4 is 14.8 Å². The van der Waals surface area contributed by atoms with Crippen molar-refractivity contribution in [2.24, 2.45) is 0 Å². The third-order valence-corrected chi connectivity index (χ3v) is 3.59. The van der Waals surface area contributed by atoms with Crippen LogP contribution in [0.5, 0.6) is 11.5 Å². The molecule has 0 saturated heterocycles. The summed E-state index contributed by atoms with van der Waals surface area (Å²) >= 11 is 0. The SMILES string of the molecule is CCCCCCCCNCc1cccc(OCC)c1OC. The van der Waals surface area contributed by atoms with E-state index in [9.17, 15) is 0 Å². The van der Waals surface area contributed by atoms with Crippen LogP contribution in [-0.2, 0) is 6.54 Å². The molecule has 0 saturated carbocycles. The highest BCUT2D eigenvalue weighted by Gasteiger charge is 2.09. The summed E-state index contributed by atoms with van der Waals surface area (Å²) in [5.41, 5.74) is 1.16. The molecule has 0 bridgehead atoms. The van der Waals surface area contributed by atoms with Crippen LogP contribution in [0, 0.1) is 0 Å². The van der Waals surface area contributed by atoms with Gasteiger partial charge < -0.3 is 14.8 Å². The van der Waals surface area contributed by atoms with Gasteiger partial charge >= 0.3 is 0 Å². The van der Waals surface area contributed by atoms with Gasteiger partial charge in [0.25, 0.3) is 0 Å². The first kappa shape index (κ1) is 17.8. The zero-order valence-electron chi connectivity index (χ0n) is 13.9. The van der Waals surface area contributed by atoms with E-state index in [2.05, 4.69) is 18.3 Å². The molecular formula is C18H31NO2. The van der Waals surface area contributed by atoms with Crippen LogP contribution in [0.4, 0.5) is 0 Å². The highest BCUT2D eigenvalue weighted by Crippen LogP contribution is 2.30. The average Bonchev–Trinajstić information content (AvgIpc) is 2.50. The van der Waals surface area contributed by atoms with Crippen LogP contribution in [0.15, 0.2) is 18.2 Å². The first-order valence-electron chi connectivity index (χ1n) is 8.32. The van der Waals surface area contributed by atoms with Gasteiger partial charge in [-0.15, -0.1) is 0 Å². The fourth-order valence-corrected chi connectivity index (χ4v) is 2.45. The molecule has 1 N–H and O–H groups in total. The molecule has 0 aromatic heterocycles. The van der Waals surface area contributed by atoms with Crippen molar-refractivity contribution in [3.63, 3.8) is 0 Å². The number of hydrogen-bond acceptors (Lipinski definition) is 3. The molecule has 0 aliphatic rings. The Kier molecular flexibility index (Phi) is 9.71. The molecule has 0 aliphatic carbocycles. The Morgan fingerprint density at radius 3 is 2.48 bits per heavy atom. The molecule has 3 nitrogen and oxygen atoms in total. The zero-order valence-corrected chi connectivity index (χ0v) is 13.9. The van der Waals surface area contributed by atoms with Gasteiger partial charge in [-0.2, -0.15) is 0 Å². The zero-order chi connectivity index (χ0) is 15.3. The minimum atomic E-state index is 0.658. The maximum Gasteiger partial charge on any atom is 0.165 e. The molecule has 1 aromatic carbocycles. The summed E-state index contributed by atoms with van der Waals surface area (Å²) in [5.74, 6) is 1.69. The number of benzene rings is 1. The van der Waals surface area contributed by atoms with Crippen molar-refractivity contribution in [3.8, 4) is 11.5 Å². The number of nitrogens with one attached hydrogen (secondary N) is 1. The van der Waals surface area contributed by atoms with E-state index in [1.165, 1.54) is 38.5 Å². The Bertz CT molecular complexity index is 379. The van der Waals surface area contributed by atoms with Crippen LogP contribution in [0.3, 0.4) is 0 Å². The van der Waals surface area contributed by atoms with Crippen LogP contribution in [0.1, 0.15) is 57.9 Å². The summed E-state index contributed by atoms with van der Waals surface area (Å²) < 4.78 is 11.1. The third-order valence-electron chi connectivity index (χ3n) is 3.59. The van der Waals surface area contributed by atoms with Gasteiger partial charge in [-0.3, -0.25) is 0 Å². The Balaban J connectivity index is 2.30. The largest absolute Gasteiger partial charge is 0.493 e. The molecule has 0 radical (unpaired) electrons. The molecule has 0 fully saturated rings. The molecule has 120 valence electrons. The van der Waals surface area contributed by atoms with E-state index in [-0.39, 0.29) is 0 Å². The third kappa shape index (κ3) is 6.85. The van der Waals surface area contributed by atoms with Gasteiger partial charge in [0.1, 0.15) is 0 Å². The minimum Gasteiger partial charge on any atom is -0.493 e. The summed E-state index contributed by atoms with van der Waals surface area (Å²) in [6, 6.07) is 6.07. The molecule has 1 rings (SSSR count). The lowest BCUT2D eigenvalue weighted by atomic mass is 10.1. The van der Waals surface area contributed by atoms with Crippen molar-refractivity contribution in [1.29, 1.82) is 0 Å². The van der Waals surface area contributed by atoms with Crippen molar-refractivity contribution in [1.82, 2.24) is 5.32 Å². The Morgan fingerprint density at radius 1 is 1.00 bits per heavy atom. The predicted molar refractivity (Wildman–Crippen MR) is 89.2 cm³/mol. The van der Waals surface area contributed by atoms with Gasteiger partial charge in [-0.25, -0.2) is 0 Å². The molecule has 0 heterocycles. The Morgan fingerprint density at radius 2 is 1.76 bits per heavy atom.